The zero-order valence-corrected chi connectivity index (χ0v) is 21.9. The highest BCUT2D eigenvalue weighted by atomic mass is 16.2. The zero-order chi connectivity index (χ0) is 27.8. The number of para-hydroxylation sites is 1. The normalized spacial score (nSPS) is 12.3. The minimum absolute atomic E-state index is 0.0756. The summed E-state index contributed by atoms with van der Waals surface area (Å²) in [5.74, 6) is -0.357. The molecule has 0 radical (unpaired) electrons. The van der Waals surface area contributed by atoms with Gasteiger partial charge >= 0.3 is 0 Å². The van der Waals surface area contributed by atoms with Gasteiger partial charge in [0, 0.05) is 37.0 Å². The van der Waals surface area contributed by atoms with Crippen LogP contribution in [-0.4, -0.2) is 34.9 Å². The zero-order valence-electron chi connectivity index (χ0n) is 21.9. The predicted octanol–water partition coefficient (Wildman–Crippen LogP) is 4.01. The fourth-order valence-corrected chi connectivity index (χ4v) is 4.87. The van der Waals surface area contributed by atoms with Crippen LogP contribution in [0.3, 0.4) is 0 Å². The maximum Gasteiger partial charge on any atom is 0.263 e. The average Bonchev–Trinajstić information content (AvgIpc) is 3.53. The summed E-state index contributed by atoms with van der Waals surface area (Å²) >= 11 is 0. The number of nitrogens with two attached hydrogens (primary N) is 1. The quantitative estimate of drug-likeness (QED) is 0.335. The van der Waals surface area contributed by atoms with E-state index in [1.165, 1.54) is 4.52 Å². The second kappa shape index (κ2) is 9.99. The number of nitrogens with one attached hydrogen (secondary N) is 1. The van der Waals surface area contributed by atoms with Crippen LogP contribution < -0.4 is 16.6 Å². The number of anilines is 1. The van der Waals surface area contributed by atoms with Crippen molar-refractivity contribution in [1.29, 1.82) is 0 Å². The molecule has 1 atom stereocenters. The lowest BCUT2D eigenvalue weighted by Crippen LogP contribution is -2.32. The smallest absolute Gasteiger partial charge is 0.263 e. The lowest BCUT2D eigenvalue weighted by molar-refractivity contribution is 0.0941. The summed E-state index contributed by atoms with van der Waals surface area (Å²) in [7, 11) is 1.86. The molecule has 10 nitrogen and oxygen atoms in total. The molecule has 0 aliphatic heterocycles. The molecule has 198 valence electrons. The molecule has 0 saturated heterocycles. The molecule has 0 spiro atoms. The number of hydrogen-bond acceptors (Lipinski definition) is 6. The monoisotopic (exact) mass is 530 g/mol. The number of amides is 1. The third-order valence-electron chi connectivity index (χ3n) is 6.73. The number of aromatic nitrogens is 6. The summed E-state index contributed by atoms with van der Waals surface area (Å²) in [6.07, 6.45) is 8.89. The topological polar surface area (TPSA) is 125 Å². The maximum absolute atomic E-state index is 14.2. The molecule has 4 aromatic heterocycles. The fourth-order valence-electron chi connectivity index (χ4n) is 4.87. The number of nitrogens with zero attached hydrogens (tertiary/aromatic N) is 6. The van der Waals surface area contributed by atoms with Gasteiger partial charge in [-0.25, -0.2) is 9.50 Å². The minimum Gasteiger partial charge on any atom is -0.381 e. The predicted molar refractivity (Wildman–Crippen MR) is 155 cm³/mol. The van der Waals surface area contributed by atoms with Crippen molar-refractivity contribution in [3.05, 3.63) is 118 Å². The fraction of sp³-hybridized carbons (Fsp3) is 0.100. The molecule has 0 saturated carbocycles. The number of pyridine rings is 1. The number of benzene rings is 2. The van der Waals surface area contributed by atoms with Crippen molar-refractivity contribution in [3.63, 3.8) is 0 Å². The number of aryl methyl sites for hydroxylation is 1. The van der Waals surface area contributed by atoms with Crippen molar-refractivity contribution in [2.45, 2.75) is 13.0 Å². The first-order chi connectivity index (χ1) is 19.4. The highest BCUT2D eigenvalue weighted by Gasteiger charge is 2.23. The molecule has 6 rings (SSSR count). The molecule has 1 amide bonds. The van der Waals surface area contributed by atoms with Gasteiger partial charge in [-0.1, -0.05) is 42.5 Å². The van der Waals surface area contributed by atoms with Crippen LogP contribution in [0.1, 0.15) is 40.3 Å². The van der Waals surface area contributed by atoms with E-state index in [2.05, 4.69) is 20.5 Å². The first kappa shape index (κ1) is 24.8. The SMILES string of the molecule is C[C@H](NC(=O)c1c(N)nn2cccnc12)c1cc2cccc(/C=C/c3ccn(C)n3)c2c(=O)n1-c1ccccc1. The molecular weight excluding hydrogens is 504 g/mol. The lowest BCUT2D eigenvalue weighted by Gasteiger charge is -2.21. The molecule has 3 N–H and O–H groups in total. The summed E-state index contributed by atoms with van der Waals surface area (Å²) in [5.41, 5.74) is 9.28. The van der Waals surface area contributed by atoms with E-state index in [1.807, 2.05) is 93.0 Å². The van der Waals surface area contributed by atoms with Crippen LogP contribution in [0.15, 0.2) is 90.1 Å². The first-order valence-electron chi connectivity index (χ1n) is 12.7. The molecule has 40 heavy (non-hydrogen) atoms. The summed E-state index contributed by atoms with van der Waals surface area (Å²) in [4.78, 5) is 31.9. The molecule has 4 heterocycles. The van der Waals surface area contributed by atoms with Crippen LogP contribution >= 0.6 is 0 Å². The van der Waals surface area contributed by atoms with Crippen molar-refractivity contribution in [3.8, 4) is 5.69 Å². The van der Waals surface area contributed by atoms with Crippen molar-refractivity contribution in [2.24, 2.45) is 7.05 Å². The molecule has 0 unspecified atom stereocenters. The van der Waals surface area contributed by atoms with Crippen molar-refractivity contribution < 1.29 is 4.79 Å². The molecule has 2 aromatic carbocycles. The molecule has 0 aliphatic carbocycles. The van der Waals surface area contributed by atoms with Gasteiger partial charge in [0.1, 0.15) is 5.56 Å². The number of rotatable bonds is 6. The van der Waals surface area contributed by atoms with Gasteiger partial charge < -0.3 is 11.1 Å². The van der Waals surface area contributed by atoms with E-state index >= 15 is 0 Å². The Morgan fingerprint density at radius 3 is 2.60 bits per heavy atom. The Balaban J connectivity index is 1.46. The largest absolute Gasteiger partial charge is 0.381 e. The minimum atomic E-state index is -0.560. The number of fused-ring (bicyclic) bond motifs is 2. The lowest BCUT2D eigenvalue weighted by atomic mass is 10.0. The van der Waals surface area contributed by atoms with Gasteiger partial charge in [-0.2, -0.15) is 5.10 Å². The third kappa shape index (κ3) is 4.41. The number of carbonyl (C=O) groups excluding carboxylic acids is 1. The standard InChI is InChI=1S/C30H26N8O2/c1-19(33-29(39)26-27(31)35-37-16-7-15-32-28(26)37)24-18-21-9-6-8-20(12-13-22-14-17-36(2)34-22)25(21)30(40)38(24)23-10-4-3-5-11-23/h3-19H,1-2H3,(H2,31,35)(H,33,39)/b13-12+/t19-/m0/s1. The molecule has 6 aromatic rings. The van der Waals surface area contributed by atoms with Gasteiger partial charge in [0.15, 0.2) is 11.5 Å². The third-order valence-corrected chi connectivity index (χ3v) is 6.73. The Morgan fingerprint density at radius 1 is 1.00 bits per heavy atom. The van der Waals surface area contributed by atoms with E-state index in [-0.39, 0.29) is 16.9 Å². The Labute approximate surface area is 229 Å². The van der Waals surface area contributed by atoms with Crippen LogP contribution in [0.4, 0.5) is 5.82 Å². The van der Waals surface area contributed by atoms with E-state index in [0.717, 1.165) is 16.6 Å². The highest BCUT2D eigenvalue weighted by Crippen LogP contribution is 2.25. The molecule has 0 fully saturated rings. The Bertz CT molecular complexity index is 1970. The van der Waals surface area contributed by atoms with Crippen LogP contribution in [-0.2, 0) is 7.05 Å². The second-order valence-electron chi connectivity index (χ2n) is 9.45. The van der Waals surface area contributed by atoms with Crippen LogP contribution in [0.25, 0.3) is 34.3 Å². The van der Waals surface area contributed by atoms with Gasteiger partial charge in [0.25, 0.3) is 11.5 Å². The summed E-state index contributed by atoms with van der Waals surface area (Å²) in [6.45, 7) is 1.83. The molecule has 0 aliphatic rings. The van der Waals surface area contributed by atoms with Crippen LogP contribution in [0, 0.1) is 0 Å². The Kier molecular flexibility index (Phi) is 6.19. The Hall–Kier alpha value is -5.51. The van der Waals surface area contributed by atoms with E-state index < -0.39 is 11.9 Å². The van der Waals surface area contributed by atoms with E-state index in [4.69, 9.17) is 5.73 Å². The highest BCUT2D eigenvalue weighted by molar-refractivity contribution is 6.04. The van der Waals surface area contributed by atoms with Gasteiger partial charge in [0.2, 0.25) is 0 Å². The van der Waals surface area contributed by atoms with E-state index in [1.54, 1.807) is 27.7 Å². The van der Waals surface area contributed by atoms with Gasteiger partial charge in [0.05, 0.1) is 17.1 Å². The van der Waals surface area contributed by atoms with Gasteiger partial charge in [-0.15, -0.1) is 5.10 Å². The number of nitrogen functional groups attached to an aromatic ring is 1. The van der Waals surface area contributed by atoms with Gasteiger partial charge in [-0.05, 0) is 54.3 Å². The van der Waals surface area contributed by atoms with Crippen molar-refractivity contribution in [2.75, 3.05) is 5.73 Å². The van der Waals surface area contributed by atoms with Crippen molar-refractivity contribution in [1.82, 2.24) is 34.3 Å². The maximum atomic E-state index is 14.2. The number of hydrogen-bond donors (Lipinski definition) is 2. The first-order valence-corrected chi connectivity index (χ1v) is 12.7. The molecule has 0 bridgehead atoms. The van der Waals surface area contributed by atoms with E-state index in [0.29, 0.717) is 22.4 Å². The van der Waals surface area contributed by atoms with Crippen molar-refractivity contribution >= 4 is 40.3 Å². The average molecular weight is 531 g/mol. The molecular formula is C30H26N8O2. The Morgan fingerprint density at radius 2 is 1.82 bits per heavy atom. The molecule has 10 heteroatoms. The van der Waals surface area contributed by atoms with E-state index in [9.17, 15) is 9.59 Å². The number of carbonyl (C=O) groups is 1. The summed E-state index contributed by atoms with van der Waals surface area (Å²) < 4.78 is 4.83. The van der Waals surface area contributed by atoms with Crippen LogP contribution in [0.5, 0.6) is 0 Å². The second-order valence-corrected chi connectivity index (χ2v) is 9.45. The van der Waals surface area contributed by atoms with Gasteiger partial charge in [-0.3, -0.25) is 18.8 Å². The summed E-state index contributed by atoms with van der Waals surface area (Å²) in [5, 5.41) is 12.9. The van der Waals surface area contributed by atoms with Crippen LogP contribution in [0.2, 0.25) is 0 Å². The summed E-state index contributed by atoms with van der Waals surface area (Å²) in [6, 6.07) is 20.1.